The molecule has 13 unspecified atom stereocenters. The van der Waals surface area contributed by atoms with Crippen LogP contribution >= 0.6 is 0 Å². The second-order valence-electron chi connectivity index (χ2n) is 15.3. The Morgan fingerprint density at radius 1 is 1.07 bits per heavy atom. The molecule has 45 heavy (non-hydrogen) atoms. The highest BCUT2D eigenvalue weighted by molar-refractivity contribution is 6.02. The van der Waals surface area contributed by atoms with Gasteiger partial charge in [0, 0.05) is 17.8 Å². The summed E-state index contributed by atoms with van der Waals surface area (Å²) in [6.45, 7) is 12.5. The molecular weight excluding hydrogens is 580 g/mol. The molecule has 0 bridgehead atoms. The van der Waals surface area contributed by atoms with E-state index in [0.29, 0.717) is 25.7 Å². The molecule has 3 fully saturated rings. The highest BCUT2D eigenvalue weighted by Crippen LogP contribution is 2.65. The molecule has 1 aliphatic heterocycles. The van der Waals surface area contributed by atoms with Crippen molar-refractivity contribution in [3.8, 4) is 0 Å². The zero-order valence-corrected chi connectivity index (χ0v) is 27.4. The van der Waals surface area contributed by atoms with Gasteiger partial charge in [-0.25, -0.2) is 4.79 Å². The van der Waals surface area contributed by atoms with Crippen molar-refractivity contribution in [1.82, 2.24) is 0 Å². The Hall–Kier alpha value is -2.11. The van der Waals surface area contributed by atoms with Crippen LogP contribution in [0, 0.1) is 46.3 Å². The Bertz CT molecular complexity index is 1250. The zero-order valence-electron chi connectivity index (χ0n) is 27.4. The van der Waals surface area contributed by atoms with Crippen molar-refractivity contribution in [3.05, 3.63) is 23.0 Å². The van der Waals surface area contributed by atoms with Crippen LogP contribution in [0.15, 0.2) is 23.0 Å². The van der Waals surface area contributed by atoms with E-state index < -0.39 is 48.0 Å². The Balaban J connectivity index is 1.32. The average molecular weight is 633 g/mol. The maximum atomic E-state index is 13.8. The normalized spacial score (nSPS) is 42.8. The summed E-state index contributed by atoms with van der Waals surface area (Å²) in [4.78, 5) is 38.6. The number of aliphatic hydroxyl groups is 4. The van der Waals surface area contributed by atoms with Gasteiger partial charge in [0.2, 0.25) is 5.78 Å². The van der Waals surface area contributed by atoms with Gasteiger partial charge in [0.1, 0.15) is 24.1 Å². The van der Waals surface area contributed by atoms with Gasteiger partial charge in [0.25, 0.3) is 0 Å². The Labute approximate surface area is 265 Å². The number of allylic oxidation sites excluding steroid dienone is 4. The highest BCUT2D eigenvalue weighted by atomic mass is 16.7. The summed E-state index contributed by atoms with van der Waals surface area (Å²) in [5.74, 6) is -1.73. The van der Waals surface area contributed by atoms with E-state index in [1.807, 2.05) is 13.8 Å². The number of ether oxygens (including phenoxy) is 2. The minimum atomic E-state index is -1.77. The molecule has 5 rings (SSSR count). The van der Waals surface area contributed by atoms with Crippen molar-refractivity contribution in [2.24, 2.45) is 46.3 Å². The third kappa shape index (κ3) is 5.62. The van der Waals surface area contributed by atoms with Gasteiger partial charge < -0.3 is 35.0 Å². The van der Waals surface area contributed by atoms with Gasteiger partial charge in [-0.3, -0.25) is 9.59 Å². The number of fused-ring (bicyclic) bond motifs is 5. The van der Waals surface area contributed by atoms with Crippen LogP contribution in [0.5, 0.6) is 0 Å². The molecule has 0 aromatic heterocycles. The van der Waals surface area contributed by atoms with Crippen LogP contribution < -0.4 is 0 Å². The van der Waals surface area contributed by atoms with Crippen LogP contribution in [0.1, 0.15) is 92.9 Å². The minimum absolute atomic E-state index is 0.0353. The number of hydrogen-bond acceptors (Lipinski definition) is 9. The maximum Gasteiger partial charge on any atom is 0.335 e. The molecule has 0 amide bonds. The molecule has 2 saturated carbocycles. The maximum absolute atomic E-state index is 13.8. The summed E-state index contributed by atoms with van der Waals surface area (Å²) in [7, 11) is 0. The molecule has 0 aromatic rings. The van der Waals surface area contributed by atoms with Crippen LogP contribution in [0.4, 0.5) is 0 Å². The fraction of sp³-hybridized carbons (Fsp3) is 0.800. The standard InChI is InChI=1S/C35H52O10/c1-7-20(16(2)3)23(36)14-17(4)24-26(37)27(38)25-21-9-8-18-15-19(10-12-34(18,5)22(21)11-13-35(24,25)6)44-33-30(41)28(39)29(40)31(45-33)32(42)43/h9,16-20,22,25,28-31,33,37,39-41H,7-8,10-15H2,1-6H3,(H,42,43). The summed E-state index contributed by atoms with van der Waals surface area (Å²) in [6, 6.07) is 0. The molecule has 0 radical (unpaired) electrons. The van der Waals surface area contributed by atoms with Crippen LogP contribution in [0.25, 0.3) is 0 Å². The molecule has 10 nitrogen and oxygen atoms in total. The van der Waals surface area contributed by atoms with E-state index in [4.69, 9.17) is 9.47 Å². The van der Waals surface area contributed by atoms with Gasteiger partial charge in [-0.2, -0.15) is 0 Å². The molecule has 0 aromatic carbocycles. The molecule has 0 spiro atoms. The number of ketones is 2. The molecule has 1 saturated heterocycles. The molecule has 5 aliphatic rings. The minimum Gasteiger partial charge on any atom is -0.504 e. The van der Waals surface area contributed by atoms with E-state index in [1.165, 1.54) is 0 Å². The molecule has 5 N–H and O–H groups in total. The first-order valence-electron chi connectivity index (χ1n) is 16.8. The van der Waals surface area contributed by atoms with Gasteiger partial charge >= 0.3 is 5.97 Å². The lowest BCUT2D eigenvalue weighted by Crippen LogP contribution is -2.61. The summed E-state index contributed by atoms with van der Waals surface area (Å²) in [5, 5.41) is 51.4. The van der Waals surface area contributed by atoms with Crippen molar-refractivity contribution < 1.29 is 49.4 Å². The van der Waals surface area contributed by atoms with Gasteiger partial charge in [-0.1, -0.05) is 53.2 Å². The fourth-order valence-corrected chi connectivity index (χ4v) is 9.95. The number of aliphatic carboxylic acids is 1. The van der Waals surface area contributed by atoms with E-state index in [-0.39, 0.29) is 58.4 Å². The topological polar surface area (TPSA) is 171 Å². The number of carboxylic acid groups (broad SMARTS) is 1. The predicted octanol–water partition coefficient (Wildman–Crippen LogP) is 4.11. The third-order valence-electron chi connectivity index (χ3n) is 12.4. The number of carboxylic acids is 1. The van der Waals surface area contributed by atoms with E-state index in [9.17, 15) is 39.9 Å². The second-order valence-corrected chi connectivity index (χ2v) is 15.3. The zero-order chi connectivity index (χ0) is 33.2. The van der Waals surface area contributed by atoms with Gasteiger partial charge in [-0.05, 0) is 79.6 Å². The fourth-order valence-electron chi connectivity index (χ4n) is 9.95. The lowest BCUT2D eigenvalue weighted by Gasteiger charge is -2.57. The van der Waals surface area contributed by atoms with Crippen LogP contribution in [-0.2, 0) is 23.9 Å². The molecule has 252 valence electrons. The first-order valence-corrected chi connectivity index (χ1v) is 16.8. The average Bonchev–Trinajstić information content (AvgIpc) is 3.17. The smallest absolute Gasteiger partial charge is 0.335 e. The number of carbonyl (C=O) groups is 3. The Kier molecular flexibility index (Phi) is 9.50. The molecule has 1 heterocycles. The van der Waals surface area contributed by atoms with E-state index in [0.717, 1.165) is 36.8 Å². The molecular formula is C35H52O10. The number of Topliss-reactive ketones (excluding diaryl/α,β-unsaturated/α-hetero) is 2. The second kappa shape index (κ2) is 12.5. The van der Waals surface area contributed by atoms with Gasteiger partial charge in [-0.15, -0.1) is 0 Å². The first-order chi connectivity index (χ1) is 21.1. The van der Waals surface area contributed by atoms with Crippen molar-refractivity contribution in [1.29, 1.82) is 0 Å². The summed E-state index contributed by atoms with van der Waals surface area (Å²) in [5.41, 5.74) is 1.19. The number of carbonyl (C=O) groups excluding carboxylic acids is 2. The number of rotatable bonds is 9. The van der Waals surface area contributed by atoms with E-state index in [1.54, 1.807) is 0 Å². The van der Waals surface area contributed by atoms with Gasteiger partial charge in [0.05, 0.1) is 12.0 Å². The SMILES string of the molecule is CCC(C(=O)CC(C)C1=C(O)C(=O)C2C3=CCC4CC(OC5OC(C(=O)O)C(O)C(O)C5O)CCC4(C)C3CCC12C)C(C)C. The number of hydrogen-bond donors (Lipinski definition) is 5. The van der Waals surface area contributed by atoms with Crippen molar-refractivity contribution in [2.75, 3.05) is 0 Å². The Morgan fingerprint density at radius 2 is 1.76 bits per heavy atom. The van der Waals surface area contributed by atoms with E-state index >= 15 is 0 Å². The third-order valence-corrected chi connectivity index (χ3v) is 12.4. The largest absolute Gasteiger partial charge is 0.504 e. The predicted molar refractivity (Wildman–Crippen MR) is 164 cm³/mol. The quantitative estimate of drug-likeness (QED) is 0.233. The monoisotopic (exact) mass is 632 g/mol. The lowest BCUT2D eigenvalue weighted by molar-refractivity contribution is -0.308. The van der Waals surface area contributed by atoms with Crippen LogP contribution in [0.3, 0.4) is 0 Å². The molecule has 13 atom stereocenters. The highest BCUT2D eigenvalue weighted by Gasteiger charge is 2.61. The van der Waals surface area contributed by atoms with Crippen LogP contribution in [0.2, 0.25) is 0 Å². The lowest BCUT2D eigenvalue weighted by atomic mass is 9.47. The van der Waals surface area contributed by atoms with Crippen molar-refractivity contribution in [3.63, 3.8) is 0 Å². The summed E-state index contributed by atoms with van der Waals surface area (Å²) < 4.78 is 11.4. The number of aliphatic hydroxyl groups excluding tert-OH is 4. The van der Waals surface area contributed by atoms with Gasteiger partial charge in [0.15, 0.2) is 18.2 Å². The van der Waals surface area contributed by atoms with E-state index in [2.05, 4.69) is 33.8 Å². The first kappa shape index (κ1) is 34.2. The molecule has 10 heteroatoms. The summed E-state index contributed by atoms with van der Waals surface area (Å²) in [6.07, 6.45) is -0.860. The summed E-state index contributed by atoms with van der Waals surface area (Å²) >= 11 is 0. The van der Waals surface area contributed by atoms with Crippen molar-refractivity contribution in [2.45, 2.75) is 130 Å². The molecule has 4 aliphatic carbocycles. The Morgan fingerprint density at radius 3 is 2.38 bits per heavy atom. The van der Waals surface area contributed by atoms with Crippen molar-refractivity contribution >= 4 is 17.5 Å². The van der Waals surface area contributed by atoms with Crippen LogP contribution in [-0.4, -0.2) is 79.9 Å².